The smallest absolute Gasteiger partial charge is 0.287 e. The van der Waals surface area contributed by atoms with Gasteiger partial charge in [-0.05, 0) is 12.1 Å². The Labute approximate surface area is 115 Å². The summed E-state index contributed by atoms with van der Waals surface area (Å²) in [4.78, 5) is 22.8. The van der Waals surface area contributed by atoms with Crippen LogP contribution in [0.1, 0.15) is 16.8 Å². The van der Waals surface area contributed by atoms with E-state index in [2.05, 4.69) is 5.32 Å². The molecule has 0 heterocycles. The summed E-state index contributed by atoms with van der Waals surface area (Å²) in [6.07, 6.45) is -0.111. The summed E-state index contributed by atoms with van der Waals surface area (Å²) >= 11 is 0. The maximum absolute atomic E-state index is 12.7. The van der Waals surface area contributed by atoms with Crippen molar-refractivity contribution >= 4 is 11.8 Å². The number of carbonyl (C=O) groups excluding carboxylic acids is 2. The van der Waals surface area contributed by atoms with Gasteiger partial charge in [0.1, 0.15) is 6.61 Å². The van der Waals surface area contributed by atoms with Crippen LogP contribution in [0.2, 0.25) is 0 Å². The van der Waals surface area contributed by atoms with Gasteiger partial charge in [-0.2, -0.15) is 0 Å². The average Bonchev–Trinajstić information content (AvgIpc) is 2.46. The van der Waals surface area contributed by atoms with Crippen LogP contribution in [0, 0.1) is 0 Å². The molecule has 5 nitrogen and oxygen atoms in total. The second-order valence-corrected chi connectivity index (χ2v) is 4.16. The standard InChI is InChI=1S/C13H16F2N2O3/c14-13(15,9-18)8-17-11(19)6-7-16-12(20)10-4-2-1-3-5-10/h1-5,18H,6-9H2,(H,16,20)(H,17,19). The molecule has 0 saturated carbocycles. The molecule has 0 fully saturated rings. The monoisotopic (exact) mass is 286 g/mol. The molecule has 0 aliphatic carbocycles. The van der Waals surface area contributed by atoms with Crippen LogP contribution in [0.15, 0.2) is 30.3 Å². The Balaban J connectivity index is 2.24. The molecule has 3 N–H and O–H groups in total. The van der Waals surface area contributed by atoms with Gasteiger partial charge in [-0.3, -0.25) is 9.59 Å². The summed E-state index contributed by atoms with van der Waals surface area (Å²) in [6, 6.07) is 8.43. The van der Waals surface area contributed by atoms with E-state index in [0.29, 0.717) is 5.56 Å². The summed E-state index contributed by atoms with van der Waals surface area (Å²) in [5.41, 5.74) is 0.458. The minimum Gasteiger partial charge on any atom is -0.390 e. The lowest BCUT2D eigenvalue weighted by atomic mass is 10.2. The number of aliphatic hydroxyl groups excluding tert-OH is 1. The number of hydrogen-bond acceptors (Lipinski definition) is 3. The van der Waals surface area contributed by atoms with Gasteiger partial charge in [0, 0.05) is 18.5 Å². The van der Waals surface area contributed by atoms with Crippen molar-refractivity contribution in [1.29, 1.82) is 0 Å². The lowest BCUT2D eigenvalue weighted by Crippen LogP contribution is -2.40. The molecule has 110 valence electrons. The highest BCUT2D eigenvalue weighted by atomic mass is 19.3. The van der Waals surface area contributed by atoms with Gasteiger partial charge >= 0.3 is 0 Å². The van der Waals surface area contributed by atoms with E-state index in [1.54, 1.807) is 30.3 Å². The SMILES string of the molecule is O=C(CCNC(=O)c1ccccc1)NCC(F)(F)CO. The maximum Gasteiger partial charge on any atom is 0.287 e. The van der Waals surface area contributed by atoms with Crippen LogP contribution in [0.3, 0.4) is 0 Å². The molecule has 0 radical (unpaired) electrons. The third-order valence-electron chi connectivity index (χ3n) is 2.45. The predicted molar refractivity (Wildman–Crippen MR) is 68.4 cm³/mol. The first-order valence-corrected chi connectivity index (χ1v) is 6.03. The highest BCUT2D eigenvalue weighted by Gasteiger charge is 2.27. The van der Waals surface area contributed by atoms with Gasteiger partial charge in [-0.25, -0.2) is 8.78 Å². The second-order valence-electron chi connectivity index (χ2n) is 4.16. The number of benzene rings is 1. The number of amides is 2. The zero-order valence-electron chi connectivity index (χ0n) is 10.7. The number of carbonyl (C=O) groups is 2. The normalized spacial score (nSPS) is 10.9. The predicted octanol–water partition coefficient (Wildman–Crippen LogP) is 0.550. The van der Waals surface area contributed by atoms with E-state index < -0.39 is 25.0 Å². The van der Waals surface area contributed by atoms with Crippen molar-refractivity contribution in [1.82, 2.24) is 10.6 Å². The summed E-state index contributed by atoms with van der Waals surface area (Å²) in [5.74, 6) is -4.28. The zero-order chi connectivity index (χ0) is 15.0. The van der Waals surface area contributed by atoms with Crippen molar-refractivity contribution in [3.05, 3.63) is 35.9 Å². The number of aliphatic hydroxyl groups is 1. The van der Waals surface area contributed by atoms with Crippen molar-refractivity contribution in [3.8, 4) is 0 Å². The van der Waals surface area contributed by atoms with Crippen LogP contribution in [0.25, 0.3) is 0 Å². The molecule has 1 aromatic carbocycles. The third-order valence-corrected chi connectivity index (χ3v) is 2.45. The molecule has 0 aromatic heterocycles. The Morgan fingerprint density at radius 1 is 1.15 bits per heavy atom. The van der Waals surface area contributed by atoms with Gasteiger partial charge in [-0.1, -0.05) is 18.2 Å². The van der Waals surface area contributed by atoms with E-state index in [-0.39, 0.29) is 18.9 Å². The van der Waals surface area contributed by atoms with Crippen molar-refractivity contribution in [2.24, 2.45) is 0 Å². The van der Waals surface area contributed by atoms with E-state index in [0.717, 1.165) is 0 Å². The van der Waals surface area contributed by atoms with Crippen LogP contribution in [0.5, 0.6) is 0 Å². The second kappa shape index (κ2) is 7.54. The van der Waals surface area contributed by atoms with Crippen LogP contribution < -0.4 is 10.6 Å². The molecule has 0 aliphatic rings. The minimum atomic E-state index is -3.33. The first kappa shape index (κ1) is 16.0. The fourth-order valence-electron chi connectivity index (χ4n) is 1.35. The van der Waals surface area contributed by atoms with Crippen LogP contribution in [-0.4, -0.2) is 42.5 Å². The molecular weight excluding hydrogens is 270 g/mol. The van der Waals surface area contributed by atoms with Crippen LogP contribution in [-0.2, 0) is 4.79 Å². The fraction of sp³-hybridized carbons (Fsp3) is 0.385. The molecule has 0 atom stereocenters. The van der Waals surface area contributed by atoms with Gasteiger partial charge in [0.2, 0.25) is 5.91 Å². The Kier molecular flexibility index (Phi) is 6.05. The van der Waals surface area contributed by atoms with E-state index in [9.17, 15) is 18.4 Å². The van der Waals surface area contributed by atoms with E-state index in [1.165, 1.54) is 0 Å². The molecule has 0 spiro atoms. The van der Waals surface area contributed by atoms with Crippen LogP contribution in [0.4, 0.5) is 8.78 Å². The molecular formula is C13H16F2N2O3. The van der Waals surface area contributed by atoms with Crippen molar-refractivity contribution in [2.75, 3.05) is 19.7 Å². The largest absolute Gasteiger partial charge is 0.390 e. The van der Waals surface area contributed by atoms with Gasteiger partial charge in [0.15, 0.2) is 0 Å². The highest BCUT2D eigenvalue weighted by Crippen LogP contribution is 2.09. The Morgan fingerprint density at radius 2 is 1.80 bits per heavy atom. The van der Waals surface area contributed by atoms with Gasteiger partial charge in [0.25, 0.3) is 11.8 Å². The third kappa shape index (κ3) is 5.75. The maximum atomic E-state index is 12.7. The molecule has 0 bridgehead atoms. The van der Waals surface area contributed by atoms with Gasteiger partial charge in [-0.15, -0.1) is 0 Å². The van der Waals surface area contributed by atoms with Crippen molar-refractivity contribution in [3.63, 3.8) is 0 Å². The molecule has 0 saturated heterocycles. The number of halogens is 2. The quantitative estimate of drug-likeness (QED) is 0.685. The molecule has 1 aromatic rings. The van der Waals surface area contributed by atoms with Crippen LogP contribution >= 0.6 is 0 Å². The number of nitrogens with one attached hydrogen (secondary N) is 2. The summed E-state index contributed by atoms with van der Waals surface area (Å²) < 4.78 is 25.3. The van der Waals surface area contributed by atoms with E-state index in [1.807, 2.05) is 5.32 Å². The minimum absolute atomic E-state index is 0.0459. The summed E-state index contributed by atoms with van der Waals surface area (Å²) in [6.45, 7) is -2.20. The fourth-order valence-corrected chi connectivity index (χ4v) is 1.35. The average molecular weight is 286 g/mol. The molecule has 7 heteroatoms. The first-order chi connectivity index (χ1) is 9.44. The van der Waals surface area contributed by atoms with Crippen molar-refractivity contribution < 1.29 is 23.5 Å². The number of alkyl halides is 2. The molecule has 20 heavy (non-hydrogen) atoms. The molecule has 1 rings (SSSR count). The highest BCUT2D eigenvalue weighted by molar-refractivity contribution is 5.94. The number of rotatable bonds is 7. The summed E-state index contributed by atoms with van der Waals surface area (Å²) in [5, 5.41) is 12.8. The Bertz CT molecular complexity index is 452. The molecule has 0 aliphatic heterocycles. The van der Waals surface area contributed by atoms with E-state index in [4.69, 9.17) is 5.11 Å². The first-order valence-electron chi connectivity index (χ1n) is 6.03. The lowest BCUT2D eigenvalue weighted by Gasteiger charge is -2.13. The zero-order valence-corrected chi connectivity index (χ0v) is 10.7. The molecule has 0 unspecified atom stereocenters. The topological polar surface area (TPSA) is 78.4 Å². The van der Waals surface area contributed by atoms with Crippen molar-refractivity contribution in [2.45, 2.75) is 12.3 Å². The Morgan fingerprint density at radius 3 is 2.40 bits per heavy atom. The lowest BCUT2D eigenvalue weighted by molar-refractivity contribution is -0.123. The Hall–Kier alpha value is -2.02. The van der Waals surface area contributed by atoms with Gasteiger partial charge < -0.3 is 15.7 Å². The molecule has 2 amide bonds. The van der Waals surface area contributed by atoms with Gasteiger partial charge in [0.05, 0.1) is 6.54 Å². The summed E-state index contributed by atoms with van der Waals surface area (Å²) in [7, 11) is 0. The number of hydrogen-bond donors (Lipinski definition) is 3. The van der Waals surface area contributed by atoms with E-state index >= 15 is 0 Å².